The zero-order chi connectivity index (χ0) is 14.4. The molecule has 0 atom stereocenters. The van der Waals surface area contributed by atoms with Crippen LogP contribution in [-0.2, 0) is 0 Å². The Morgan fingerprint density at radius 3 is 2.65 bits per heavy atom. The summed E-state index contributed by atoms with van der Waals surface area (Å²) in [5.41, 5.74) is 0.332. The molecule has 0 bridgehead atoms. The molecule has 3 N–H and O–H groups in total. The van der Waals surface area contributed by atoms with Crippen LogP contribution in [0.5, 0.6) is 0 Å². The molecule has 1 aliphatic carbocycles. The van der Waals surface area contributed by atoms with Gasteiger partial charge in [0, 0.05) is 12.6 Å². The average molecular weight is 278 g/mol. The van der Waals surface area contributed by atoms with E-state index in [2.05, 4.69) is 27.5 Å². The smallest absolute Gasteiger partial charge is 0.271 e. The van der Waals surface area contributed by atoms with E-state index in [1.54, 1.807) is 6.20 Å². The third-order valence-corrected chi connectivity index (χ3v) is 3.47. The molecule has 6 nitrogen and oxygen atoms in total. The molecule has 6 heteroatoms. The Balaban J connectivity index is 1.85. The van der Waals surface area contributed by atoms with Crippen LogP contribution in [0.25, 0.3) is 0 Å². The molecule has 1 aromatic heterocycles. The minimum Gasteiger partial charge on any atom is -0.393 e. The summed E-state index contributed by atoms with van der Waals surface area (Å²) in [5.74, 6) is 0.491. The van der Waals surface area contributed by atoms with Gasteiger partial charge in [-0.1, -0.05) is 6.92 Å². The Bertz CT molecular complexity index is 427. The summed E-state index contributed by atoms with van der Waals surface area (Å²) < 4.78 is 0. The number of carbonyl (C=O) groups excluding carboxylic acids is 1. The molecule has 1 aromatic rings. The van der Waals surface area contributed by atoms with E-state index >= 15 is 0 Å². The zero-order valence-corrected chi connectivity index (χ0v) is 11.8. The minimum absolute atomic E-state index is 0.130. The second kappa shape index (κ2) is 7.19. The number of nitrogens with zero attached hydrogens (tertiary/aromatic N) is 2. The largest absolute Gasteiger partial charge is 0.393 e. The van der Waals surface area contributed by atoms with Crippen LogP contribution in [0.4, 0.5) is 5.82 Å². The third kappa shape index (κ3) is 4.16. The Morgan fingerprint density at radius 1 is 1.30 bits per heavy atom. The van der Waals surface area contributed by atoms with Gasteiger partial charge in [-0.05, 0) is 32.1 Å². The molecule has 20 heavy (non-hydrogen) atoms. The predicted molar refractivity (Wildman–Crippen MR) is 76.5 cm³/mol. The first-order chi connectivity index (χ1) is 9.69. The number of hydrogen-bond donors (Lipinski definition) is 3. The summed E-state index contributed by atoms with van der Waals surface area (Å²) in [6.07, 6.45) is 6.99. The van der Waals surface area contributed by atoms with Crippen LogP contribution in [0.3, 0.4) is 0 Å². The lowest BCUT2D eigenvalue weighted by Crippen LogP contribution is -2.38. The fourth-order valence-electron chi connectivity index (χ4n) is 2.27. The summed E-state index contributed by atoms with van der Waals surface area (Å²) in [5, 5.41) is 15.5. The third-order valence-electron chi connectivity index (χ3n) is 3.47. The predicted octanol–water partition coefficient (Wildman–Crippen LogP) is 1.33. The number of nitrogens with one attached hydrogen (secondary N) is 2. The van der Waals surface area contributed by atoms with Crippen molar-refractivity contribution in [1.29, 1.82) is 0 Å². The van der Waals surface area contributed by atoms with Gasteiger partial charge in [0.05, 0.1) is 18.5 Å². The van der Waals surface area contributed by atoms with Crippen molar-refractivity contribution in [2.24, 2.45) is 0 Å². The summed E-state index contributed by atoms with van der Waals surface area (Å²) in [4.78, 5) is 20.3. The maximum absolute atomic E-state index is 12.0. The number of amides is 1. The SMILES string of the molecule is CCCNc1cnc(C(=O)NC2CCC(O)CC2)cn1. The first kappa shape index (κ1) is 14.7. The lowest BCUT2D eigenvalue weighted by molar-refractivity contribution is 0.0863. The molecule has 0 aliphatic heterocycles. The Kier molecular flexibility index (Phi) is 5.29. The topological polar surface area (TPSA) is 87.1 Å². The Hall–Kier alpha value is -1.69. The van der Waals surface area contributed by atoms with Crippen molar-refractivity contribution in [2.75, 3.05) is 11.9 Å². The second-order valence-electron chi connectivity index (χ2n) is 5.19. The average Bonchev–Trinajstić information content (AvgIpc) is 2.48. The molecular weight excluding hydrogens is 256 g/mol. The molecule has 1 heterocycles. The molecule has 1 fully saturated rings. The highest BCUT2D eigenvalue weighted by Gasteiger charge is 2.21. The second-order valence-corrected chi connectivity index (χ2v) is 5.19. The number of aliphatic hydroxyl groups excluding tert-OH is 1. The van der Waals surface area contributed by atoms with Crippen LogP contribution in [0.1, 0.15) is 49.5 Å². The number of rotatable bonds is 5. The molecule has 0 aromatic carbocycles. The number of aromatic nitrogens is 2. The van der Waals surface area contributed by atoms with E-state index in [0.717, 1.165) is 38.6 Å². The van der Waals surface area contributed by atoms with Crippen molar-refractivity contribution in [3.63, 3.8) is 0 Å². The normalized spacial score (nSPS) is 22.3. The summed E-state index contributed by atoms with van der Waals surface area (Å²) in [7, 11) is 0. The standard InChI is InChI=1S/C14H22N4O2/c1-2-7-15-13-9-16-12(8-17-13)14(20)18-10-3-5-11(19)6-4-10/h8-11,19H,2-7H2,1H3,(H,15,17)(H,18,20). The Morgan fingerprint density at radius 2 is 2.05 bits per heavy atom. The monoisotopic (exact) mass is 278 g/mol. The van der Waals surface area contributed by atoms with E-state index in [-0.39, 0.29) is 18.1 Å². The van der Waals surface area contributed by atoms with E-state index in [4.69, 9.17) is 0 Å². The van der Waals surface area contributed by atoms with E-state index in [1.165, 1.54) is 6.20 Å². The minimum atomic E-state index is -0.216. The van der Waals surface area contributed by atoms with Gasteiger partial charge in [0.1, 0.15) is 11.5 Å². The van der Waals surface area contributed by atoms with Crippen LogP contribution in [0.2, 0.25) is 0 Å². The lowest BCUT2D eigenvalue weighted by Gasteiger charge is -2.25. The van der Waals surface area contributed by atoms with Gasteiger partial charge in [-0.15, -0.1) is 0 Å². The van der Waals surface area contributed by atoms with Gasteiger partial charge in [-0.2, -0.15) is 0 Å². The van der Waals surface area contributed by atoms with E-state index in [0.29, 0.717) is 11.5 Å². The first-order valence-corrected chi connectivity index (χ1v) is 7.24. The van der Waals surface area contributed by atoms with Gasteiger partial charge in [-0.25, -0.2) is 9.97 Å². The number of aliphatic hydroxyl groups is 1. The molecule has 2 rings (SSSR count). The van der Waals surface area contributed by atoms with E-state index in [9.17, 15) is 9.90 Å². The van der Waals surface area contributed by atoms with Gasteiger partial charge < -0.3 is 15.7 Å². The molecule has 1 saturated carbocycles. The fourth-order valence-corrected chi connectivity index (χ4v) is 2.27. The van der Waals surface area contributed by atoms with E-state index in [1.807, 2.05) is 0 Å². The van der Waals surface area contributed by atoms with Crippen LogP contribution in [0.15, 0.2) is 12.4 Å². The molecule has 0 spiro atoms. The molecule has 1 amide bonds. The van der Waals surface area contributed by atoms with Crippen LogP contribution in [-0.4, -0.2) is 39.7 Å². The fraction of sp³-hybridized carbons (Fsp3) is 0.643. The van der Waals surface area contributed by atoms with Crippen LogP contribution < -0.4 is 10.6 Å². The van der Waals surface area contributed by atoms with Gasteiger partial charge in [-0.3, -0.25) is 4.79 Å². The van der Waals surface area contributed by atoms with Crippen molar-refractivity contribution in [2.45, 2.75) is 51.2 Å². The molecule has 1 aliphatic rings. The van der Waals surface area contributed by atoms with Gasteiger partial charge in [0.15, 0.2) is 0 Å². The maximum Gasteiger partial charge on any atom is 0.271 e. The summed E-state index contributed by atoms with van der Waals surface area (Å²) in [6, 6.07) is 0.130. The molecule has 0 unspecified atom stereocenters. The highest BCUT2D eigenvalue weighted by Crippen LogP contribution is 2.18. The highest BCUT2D eigenvalue weighted by molar-refractivity contribution is 5.92. The highest BCUT2D eigenvalue weighted by atomic mass is 16.3. The van der Waals surface area contributed by atoms with Crippen molar-refractivity contribution in [3.8, 4) is 0 Å². The number of carbonyl (C=O) groups is 1. The quantitative estimate of drug-likeness (QED) is 0.756. The molecule has 0 radical (unpaired) electrons. The lowest BCUT2D eigenvalue weighted by atomic mass is 9.93. The van der Waals surface area contributed by atoms with Gasteiger partial charge in [0.25, 0.3) is 5.91 Å². The summed E-state index contributed by atoms with van der Waals surface area (Å²) in [6.45, 7) is 2.91. The van der Waals surface area contributed by atoms with Crippen molar-refractivity contribution >= 4 is 11.7 Å². The van der Waals surface area contributed by atoms with Crippen LogP contribution >= 0.6 is 0 Å². The van der Waals surface area contributed by atoms with Crippen molar-refractivity contribution < 1.29 is 9.90 Å². The number of hydrogen-bond acceptors (Lipinski definition) is 5. The molecule has 110 valence electrons. The van der Waals surface area contributed by atoms with E-state index < -0.39 is 0 Å². The van der Waals surface area contributed by atoms with Crippen molar-refractivity contribution in [3.05, 3.63) is 18.1 Å². The number of anilines is 1. The maximum atomic E-state index is 12.0. The Labute approximate surface area is 119 Å². The molecule has 0 saturated heterocycles. The van der Waals surface area contributed by atoms with Gasteiger partial charge >= 0.3 is 0 Å². The van der Waals surface area contributed by atoms with Crippen molar-refractivity contribution in [1.82, 2.24) is 15.3 Å². The molecular formula is C14H22N4O2. The van der Waals surface area contributed by atoms with Crippen LogP contribution in [0, 0.1) is 0 Å². The zero-order valence-electron chi connectivity index (χ0n) is 11.8. The summed E-state index contributed by atoms with van der Waals surface area (Å²) >= 11 is 0. The first-order valence-electron chi connectivity index (χ1n) is 7.24. The van der Waals surface area contributed by atoms with Gasteiger partial charge in [0.2, 0.25) is 0 Å².